The molecule has 14 heavy (non-hydrogen) atoms. The summed E-state index contributed by atoms with van der Waals surface area (Å²) >= 11 is 0. The lowest BCUT2D eigenvalue weighted by Crippen LogP contribution is -2.42. The van der Waals surface area contributed by atoms with E-state index in [1.165, 1.54) is 32.1 Å². The van der Waals surface area contributed by atoms with Crippen LogP contribution in [0.25, 0.3) is 0 Å². The Bertz CT molecular complexity index is 353. The molecule has 0 radical (unpaired) electrons. The summed E-state index contributed by atoms with van der Waals surface area (Å²) in [6.07, 6.45) is 7.12. The summed E-state index contributed by atoms with van der Waals surface area (Å²) in [5.74, 6) is 0.942. The third-order valence-corrected chi connectivity index (χ3v) is 4.21. The Morgan fingerprint density at radius 3 is 2.93 bits per heavy atom. The second-order valence-corrected chi connectivity index (χ2v) is 5.32. The smallest absolute Gasteiger partial charge is 0.000129 e. The maximum Gasteiger partial charge on any atom is -0.000129 e. The van der Waals surface area contributed by atoms with Gasteiger partial charge >= 0.3 is 0 Å². The minimum atomic E-state index is 0.605. The number of hydrogen-bond acceptors (Lipinski definition) is 0. The zero-order valence-corrected chi connectivity index (χ0v) is 8.92. The van der Waals surface area contributed by atoms with Crippen LogP contribution in [0.3, 0.4) is 0 Å². The van der Waals surface area contributed by atoms with E-state index < -0.39 is 0 Å². The SMILES string of the molecule is CC1CCC[C@]2(Cc3ccccc32)C1. The molecule has 1 unspecified atom stereocenters. The van der Waals surface area contributed by atoms with Gasteiger partial charge in [0.2, 0.25) is 0 Å². The highest BCUT2D eigenvalue weighted by Crippen LogP contribution is 2.51. The number of fused-ring (bicyclic) bond motifs is 2. The predicted octanol–water partition coefficient (Wildman–Crippen LogP) is 3.69. The lowest BCUT2D eigenvalue weighted by molar-refractivity contribution is 0.204. The van der Waals surface area contributed by atoms with E-state index in [-0.39, 0.29) is 0 Å². The first-order valence-electron chi connectivity index (χ1n) is 5.89. The Labute approximate surface area is 86.3 Å². The normalized spacial score (nSPS) is 35.1. The number of benzene rings is 1. The third kappa shape index (κ3) is 1.06. The van der Waals surface area contributed by atoms with Crippen molar-refractivity contribution in [1.82, 2.24) is 0 Å². The van der Waals surface area contributed by atoms with Crippen molar-refractivity contribution >= 4 is 0 Å². The highest BCUT2D eigenvalue weighted by molar-refractivity contribution is 5.45. The molecule has 0 heterocycles. The molecule has 0 aliphatic heterocycles. The van der Waals surface area contributed by atoms with Crippen molar-refractivity contribution in [1.29, 1.82) is 0 Å². The van der Waals surface area contributed by atoms with Gasteiger partial charge in [-0.15, -0.1) is 0 Å². The molecular formula is C14H18. The highest BCUT2D eigenvalue weighted by Gasteiger charge is 2.44. The van der Waals surface area contributed by atoms with Gasteiger partial charge in [0, 0.05) is 0 Å². The molecule has 0 bridgehead atoms. The molecule has 1 aromatic rings. The topological polar surface area (TPSA) is 0 Å². The fraction of sp³-hybridized carbons (Fsp3) is 0.571. The molecule has 1 saturated carbocycles. The summed E-state index contributed by atoms with van der Waals surface area (Å²) in [7, 11) is 0. The van der Waals surface area contributed by atoms with Crippen molar-refractivity contribution in [3.8, 4) is 0 Å². The first-order chi connectivity index (χ1) is 6.80. The highest BCUT2D eigenvalue weighted by atomic mass is 14.5. The van der Waals surface area contributed by atoms with E-state index >= 15 is 0 Å². The molecule has 74 valence electrons. The van der Waals surface area contributed by atoms with E-state index in [1.807, 2.05) is 0 Å². The molecule has 2 atom stereocenters. The van der Waals surface area contributed by atoms with Gasteiger partial charge in [-0.2, -0.15) is 0 Å². The van der Waals surface area contributed by atoms with E-state index in [9.17, 15) is 0 Å². The third-order valence-electron chi connectivity index (χ3n) is 4.21. The van der Waals surface area contributed by atoms with Crippen molar-refractivity contribution in [2.45, 2.75) is 44.4 Å². The first kappa shape index (κ1) is 8.52. The van der Waals surface area contributed by atoms with Crippen molar-refractivity contribution < 1.29 is 0 Å². The lowest BCUT2D eigenvalue weighted by Gasteiger charge is -2.48. The first-order valence-corrected chi connectivity index (χ1v) is 5.89. The fourth-order valence-corrected chi connectivity index (χ4v) is 3.61. The molecular weight excluding hydrogens is 168 g/mol. The summed E-state index contributed by atoms with van der Waals surface area (Å²) in [6.45, 7) is 2.42. The number of rotatable bonds is 0. The quantitative estimate of drug-likeness (QED) is 0.579. The average Bonchev–Trinajstić information content (AvgIpc) is 2.17. The molecule has 0 heteroatoms. The molecule has 0 saturated heterocycles. The summed E-state index contributed by atoms with van der Waals surface area (Å²) in [6, 6.07) is 9.05. The molecule has 0 amide bonds. The van der Waals surface area contributed by atoms with Gasteiger partial charge in [-0.3, -0.25) is 0 Å². The van der Waals surface area contributed by atoms with Crippen molar-refractivity contribution in [3.05, 3.63) is 35.4 Å². The van der Waals surface area contributed by atoms with Crippen LogP contribution in [-0.4, -0.2) is 0 Å². The zero-order valence-electron chi connectivity index (χ0n) is 8.92. The minimum absolute atomic E-state index is 0.605. The standard InChI is InChI=1S/C14H18/c1-11-5-4-8-14(9-11)10-12-6-2-3-7-13(12)14/h2-3,6-7,11H,4-5,8-10H2,1H3/t11?,14-/m1/s1. The summed E-state index contributed by atoms with van der Waals surface area (Å²) in [5.41, 5.74) is 3.89. The van der Waals surface area contributed by atoms with Crippen LogP contribution in [0.1, 0.15) is 43.7 Å². The van der Waals surface area contributed by atoms with Crippen LogP contribution in [0.2, 0.25) is 0 Å². The summed E-state index contributed by atoms with van der Waals surface area (Å²) < 4.78 is 0. The van der Waals surface area contributed by atoms with Crippen LogP contribution in [0, 0.1) is 5.92 Å². The minimum Gasteiger partial charge on any atom is -0.0625 e. The Hall–Kier alpha value is -0.780. The van der Waals surface area contributed by atoms with E-state index in [0.717, 1.165) is 5.92 Å². The molecule has 1 aromatic carbocycles. The summed E-state index contributed by atoms with van der Waals surface area (Å²) in [5, 5.41) is 0. The van der Waals surface area contributed by atoms with Gasteiger partial charge in [-0.05, 0) is 41.7 Å². The van der Waals surface area contributed by atoms with Gasteiger partial charge in [0.1, 0.15) is 0 Å². The van der Waals surface area contributed by atoms with Crippen LogP contribution >= 0.6 is 0 Å². The van der Waals surface area contributed by atoms with Gasteiger partial charge in [0.15, 0.2) is 0 Å². The van der Waals surface area contributed by atoms with Crippen LogP contribution in [-0.2, 0) is 11.8 Å². The Balaban J connectivity index is 1.95. The van der Waals surface area contributed by atoms with Gasteiger partial charge in [0.25, 0.3) is 0 Å². The molecule has 2 aliphatic rings. The van der Waals surface area contributed by atoms with Gasteiger partial charge < -0.3 is 0 Å². The van der Waals surface area contributed by atoms with Crippen molar-refractivity contribution in [2.75, 3.05) is 0 Å². The van der Waals surface area contributed by atoms with Gasteiger partial charge in [-0.1, -0.05) is 44.0 Å². The van der Waals surface area contributed by atoms with Gasteiger partial charge in [-0.25, -0.2) is 0 Å². The number of hydrogen-bond donors (Lipinski definition) is 0. The molecule has 1 fully saturated rings. The van der Waals surface area contributed by atoms with Crippen molar-refractivity contribution in [2.24, 2.45) is 5.92 Å². The maximum absolute atomic E-state index is 2.42. The van der Waals surface area contributed by atoms with Crippen LogP contribution in [0.4, 0.5) is 0 Å². The van der Waals surface area contributed by atoms with E-state index in [2.05, 4.69) is 31.2 Å². The largest absolute Gasteiger partial charge is 0.0625 e. The van der Waals surface area contributed by atoms with Crippen LogP contribution in [0.15, 0.2) is 24.3 Å². The lowest BCUT2D eigenvalue weighted by atomic mass is 9.55. The van der Waals surface area contributed by atoms with Crippen molar-refractivity contribution in [3.63, 3.8) is 0 Å². The molecule has 0 aromatic heterocycles. The Morgan fingerprint density at radius 1 is 1.29 bits per heavy atom. The van der Waals surface area contributed by atoms with Crippen LogP contribution in [0.5, 0.6) is 0 Å². The molecule has 3 rings (SSSR count). The second-order valence-electron chi connectivity index (χ2n) is 5.32. The zero-order chi connectivity index (χ0) is 9.60. The van der Waals surface area contributed by atoms with E-state index in [1.54, 1.807) is 11.1 Å². The summed E-state index contributed by atoms with van der Waals surface area (Å²) in [4.78, 5) is 0. The molecule has 2 aliphatic carbocycles. The predicted molar refractivity (Wildman–Crippen MR) is 59.5 cm³/mol. The van der Waals surface area contributed by atoms with E-state index in [0.29, 0.717) is 5.41 Å². The van der Waals surface area contributed by atoms with E-state index in [4.69, 9.17) is 0 Å². The average molecular weight is 186 g/mol. The second kappa shape index (κ2) is 2.85. The molecule has 1 spiro atoms. The molecule has 0 nitrogen and oxygen atoms in total. The van der Waals surface area contributed by atoms with Gasteiger partial charge in [0.05, 0.1) is 0 Å². The Kier molecular flexibility index (Phi) is 1.74. The monoisotopic (exact) mass is 186 g/mol. The maximum atomic E-state index is 2.42. The van der Waals surface area contributed by atoms with Crippen LogP contribution < -0.4 is 0 Å². The Morgan fingerprint density at radius 2 is 2.14 bits per heavy atom. The fourth-order valence-electron chi connectivity index (χ4n) is 3.61. The molecule has 0 N–H and O–H groups in total.